The number of amides is 1. The SMILES string of the molecule is CCc1ccc(Oc2nccnc2N2CCC(C(=O)Nc3ccc(OC)cc3C)CC2)cc1. The molecule has 1 aliphatic heterocycles. The summed E-state index contributed by atoms with van der Waals surface area (Å²) in [6, 6.07) is 13.7. The van der Waals surface area contributed by atoms with Gasteiger partial charge >= 0.3 is 0 Å². The van der Waals surface area contributed by atoms with Crippen LogP contribution in [0, 0.1) is 12.8 Å². The van der Waals surface area contributed by atoms with Crippen LogP contribution in [0.25, 0.3) is 0 Å². The molecule has 33 heavy (non-hydrogen) atoms. The van der Waals surface area contributed by atoms with Crippen LogP contribution in [-0.2, 0) is 11.2 Å². The molecule has 1 fully saturated rings. The van der Waals surface area contributed by atoms with Crippen molar-refractivity contribution in [1.82, 2.24) is 9.97 Å². The first-order chi connectivity index (χ1) is 16.1. The molecular weight excluding hydrogens is 416 g/mol. The zero-order valence-electron chi connectivity index (χ0n) is 19.4. The Labute approximate surface area is 194 Å². The normalized spacial score (nSPS) is 14.1. The summed E-state index contributed by atoms with van der Waals surface area (Å²) in [6.07, 6.45) is 5.77. The van der Waals surface area contributed by atoms with E-state index >= 15 is 0 Å². The Bertz CT molecular complexity index is 1090. The van der Waals surface area contributed by atoms with Gasteiger partial charge in [0.25, 0.3) is 5.88 Å². The number of nitrogens with one attached hydrogen (secondary N) is 1. The molecule has 1 saturated heterocycles. The third-order valence-electron chi connectivity index (χ3n) is 6.05. The van der Waals surface area contributed by atoms with Gasteiger partial charge in [-0.1, -0.05) is 19.1 Å². The first kappa shape index (κ1) is 22.6. The maximum atomic E-state index is 12.9. The summed E-state index contributed by atoms with van der Waals surface area (Å²) in [7, 11) is 1.64. The highest BCUT2D eigenvalue weighted by Gasteiger charge is 2.28. The standard InChI is InChI=1S/C26H30N4O3/c1-4-19-5-7-21(8-6-19)33-26-24(27-13-14-28-26)30-15-11-20(12-16-30)25(31)29-23-10-9-22(32-3)17-18(23)2/h5-10,13-14,17,20H,4,11-12,15-16H2,1-3H3,(H,29,31). The van der Waals surface area contributed by atoms with Crippen molar-refractivity contribution in [2.45, 2.75) is 33.1 Å². The molecule has 4 rings (SSSR count). The second-order valence-electron chi connectivity index (χ2n) is 8.22. The molecule has 1 aliphatic rings. The lowest BCUT2D eigenvalue weighted by molar-refractivity contribution is -0.120. The average Bonchev–Trinajstić information content (AvgIpc) is 2.86. The highest BCUT2D eigenvalue weighted by molar-refractivity contribution is 5.93. The highest BCUT2D eigenvalue weighted by atomic mass is 16.5. The lowest BCUT2D eigenvalue weighted by atomic mass is 9.95. The van der Waals surface area contributed by atoms with Gasteiger partial charge in [-0.2, -0.15) is 0 Å². The predicted molar refractivity (Wildman–Crippen MR) is 129 cm³/mol. The Hall–Kier alpha value is -3.61. The van der Waals surface area contributed by atoms with Gasteiger partial charge in [-0.05, 0) is 67.6 Å². The summed E-state index contributed by atoms with van der Waals surface area (Å²) in [6.45, 7) is 5.51. The third kappa shape index (κ3) is 5.42. The van der Waals surface area contributed by atoms with Crippen LogP contribution in [0.4, 0.5) is 11.5 Å². The molecule has 1 amide bonds. The number of rotatable bonds is 7. The van der Waals surface area contributed by atoms with Gasteiger partial charge in [0.1, 0.15) is 11.5 Å². The fraction of sp³-hybridized carbons (Fsp3) is 0.346. The number of carbonyl (C=O) groups is 1. The van der Waals surface area contributed by atoms with E-state index in [-0.39, 0.29) is 11.8 Å². The molecule has 2 aromatic carbocycles. The largest absolute Gasteiger partial charge is 0.497 e. The summed E-state index contributed by atoms with van der Waals surface area (Å²) in [5.41, 5.74) is 3.06. The molecule has 0 unspecified atom stereocenters. The average molecular weight is 447 g/mol. The zero-order chi connectivity index (χ0) is 23.2. The fourth-order valence-electron chi connectivity index (χ4n) is 4.00. The molecule has 2 heterocycles. The van der Waals surface area contributed by atoms with Crippen LogP contribution in [0.2, 0.25) is 0 Å². The van der Waals surface area contributed by atoms with Crippen molar-refractivity contribution in [2.75, 3.05) is 30.4 Å². The van der Waals surface area contributed by atoms with E-state index in [4.69, 9.17) is 9.47 Å². The summed E-state index contributed by atoms with van der Waals surface area (Å²) < 4.78 is 11.3. The molecule has 3 aromatic rings. The highest BCUT2D eigenvalue weighted by Crippen LogP contribution is 2.31. The summed E-state index contributed by atoms with van der Waals surface area (Å²) in [5, 5.41) is 3.07. The summed E-state index contributed by atoms with van der Waals surface area (Å²) in [5.74, 6) is 2.71. The topological polar surface area (TPSA) is 76.6 Å². The first-order valence-electron chi connectivity index (χ1n) is 11.4. The molecule has 7 nitrogen and oxygen atoms in total. The second kappa shape index (κ2) is 10.3. The number of piperidine rings is 1. The molecule has 0 spiro atoms. The van der Waals surface area contributed by atoms with Gasteiger partial charge in [0, 0.05) is 37.1 Å². The van der Waals surface area contributed by atoms with Gasteiger partial charge in [0.2, 0.25) is 5.91 Å². The van der Waals surface area contributed by atoms with Crippen LogP contribution in [0.5, 0.6) is 17.4 Å². The maximum Gasteiger partial charge on any atom is 0.263 e. The van der Waals surface area contributed by atoms with E-state index < -0.39 is 0 Å². The molecule has 0 aliphatic carbocycles. The lowest BCUT2D eigenvalue weighted by Crippen LogP contribution is -2.38. The maximum absolute atomic E-state index is 12.9. The molecular formula is C26H30N4O3. The molecule has 0 radical (unpaired) electrons. The van der Waals surface area contributed by atoms with Crippen LogP contribution in [0.15, 0.2) is 54.9 Å². The number of ether oxygens (including phenoxy) is 2. The van der Waals surface area contributed by atoms with Crippen molar-refractivity contribution in [3.8, 4) is 17.4 Å². The van der Waals surface area contributed by atoms with Crippen LogP contribution >= 0.6 is 0 Å². The number of aromatic nitrogens is 2. The van der Waals surface area contributed by atoms with Crippen LogP contribution < -0.4 is 19.7 Å². The van der Waals surface area contributed by atoms with Gasteiger partial charge in [-0.15, -0.1) is 0 Å². The molecule has 172 valence electrons. The minimum Gasteiger partial charge on any atom is -0.497 e. The van der Waals surface area contributed by atoms with Gasteiger partial charge in [-0.3, -0.25) is 4.79 Å². The number of hydrogen-bond donors (Lipinski definition) is 1. The third-order valence-corrected chi connectivity index (χ3v) is 6.05. The Kier molecular flexibility index (Phi) is 7.07. The van der Waals surface area contributed by atoms with E-state index in [1.54, 1.807) is 19.5 Å². The second-order valence-corrected chi connectivity index (χ2v) is 8.22. The van der Waals surface area contributed by atoms with E-state index in [1.807, 2.05) is 37.3 Å². The fourth-order valence-corrected chi connectivity index (χ4v) is 4.00. The van der Waals surface area contributed by atoms with Crippen molar-refractivity contribution in [3.05, 3.63) is 66.0 Å². The lowest BCUT2D eigenvalue weighted by Gasteiger charge is -2.32. The molecule has 1 N–H and O–H groups in total. The van der Waals surface area contributed by atoms with Crippen molar-refractivity contribution >= 4 is 17.4 Å². The predicted octanol–water partition coefficient (Wildman–Crippen LogP) is 5.00. The van der Waals surface area contributed by atoms with Crippen LogP contribution in [-0.4, -0.2) is 36.1 Å². The van der Waals surface area contributed by atoms with Gasteiger partial charge in [-0.25, -0.2) is 9.97 Å². The molecule has 0 saturated carbocycles. The number of nitrogens with zero attached hydrogens (tertiary/aromatic N) is 3. The molecule has 7 heteroatoms. The van der Waals surface area contributed by atoms with Crippen LogP contribution in [0.1, 0.15) is 30.9 Å². The Morgan fingerprint density at radius 3 is 2.42 bits per heavy atom. The van der Waals surface area contributed by atoms with E-state index in [9.17, 15) is 4.79 Å². The number of benzene rings is 2. The van der Waals surface area contributed by atoms with Crippen molar-refractivity contribution in [3.63, 3.8) is 0 Å². The quantitative estimate of drug-likeness (QED) is 0.550. The van der Waals surface area contributed by atoms with Gasteiger partial charge in [0.15, 0.2) is 5.82 Å². The number of hydrogen-bond acceptors (Lipinski definition) is 6. The van der Waals surface area contributed by atoms with Crippen molar-refractivity contribution < 1.29 is 14.3 Å². The summed E-state index contributed by atoms with van der Waals surface area (Å²) in [4.78, 5) is 23.9. The van der Waals surface area contributed by atoms with Crippen LogP contribution in [0.3, 0.4) is 0 Å². The molecule has 0 atom stereocenters. The molecule has 0 bridgehead atoms. The van der Waals surface area contributed by atoms with Crippen molar-refractivity contribution in [2.24, 2.45) is 5.92 Å². The minimum absolute atomic E-state index is 0.0505. The number of aryl methyl sites for hydroxylation is 2. The van der Waals surface area contributed by atoms with Gasteiger partial charge in [0.05, 0.1) is 7.11 Å². The monoisotopic (exact) mass is 446 g/mol. The smallest absolute Gasteiger partial charge is 0.263 e. The number of anilines is 2. The first-order valence-corrected chi connectivity index (χ1v) is 11.4. The van der Waals surface area contributed by atoms with E-state index in [0.717, 1.165) is 42.0 Å². The number of carbonyl (C=O) groups excluding carboxylic acids is 1. The van der Waals surface area contributed by atoms with E-state index in [0.29, 0.717) is 24.8 Å². The van der Waals surface area contributed by atoms with E-state index in [2.05, 4.69) is 39.2 Å². The van der Waals surface area contributed by atoms with E-state index in [1.165, 1.54) is 5.56 Å². The van der Waals surface area contributed by atoms with Gasteiger partial charge < -0.3 is 19.7 Å². The number of methoxy groups -OCH3 is 1. The molecule has 1 aromatic heterocycles. The minimum atomic E-state index is -0.0506. The Balaban J connectivity index is 1.38. The Morgan fingerprint density at radius 1 is 1.06 bits per heavy atom. The summed E-state index contributed by atoms with van der Waals surface area (Å²) >= 11 is 0. The Morgan fingerprint density at radius 2 is 1.76 bits per heavy atom. The zero-order valence-corrected chi connectivity index (χ0v) is 19.4. The van der Waals surface area contributed by atoms with Crippen molar-refractivity contribution in [1.29, 1.82) is 0 Å².